The SMILES string of the molecule is Cc1ccc(-c2csc(N3CC[NH+](C)CC3)n2)cc1. The maximum absolute atomic E-state index is 4.79. The number of likely N-dealkylation sites (N-methyl/N-ethyl adjacent to an activating group) is 1. The third kappa shape index (κ3) is 2.80. The van der Waals surface area contributed by atoms with Gasteiger partial charge in [-0.05, 0) is 6.92 Å². The Morgan fingerprint density at radius 3 is 2.53 bits per heavy atom. The van der Waals surface area contributed by atoms with Gasteiger partial charge < -0.3 is 9.80 Å². The van der Waals surface area contributed by atoms with E-state index in [2.05, 4.69) is 48.5 Å². The van der Waals surface area contributed by atoms with E-state index < -0.39 is 0 Å². The van der Waals surface area contributed by atoms with E-state index in [1.807, 2.05) is 0 Å². The van der Waals surface area contributed by atoms with Crippen molar-refractivity contribution in [1.82, 2.24) is 4.98 Å². The number of thiazole rings is 1. The molecule has 0 amide bonds. The summed E-state index contributed by atoms with van der Waals surface area (Å²) < 4.78 is 0. The van der Waals surface area contributed by atoms with Crippen molar-refractivity contribution in [3.63, 3.8) is 0 Å². The predicted octanol–water partition coefficient (Wildman–Crippen LogP) is 1.45. The highest BCUT2D eigenvalue weighted by molar-refractivity contribution is 7.14. The van der Waals surface area contributed by atoms with E-state index in [-0.39, 0.29) is 0 Å². The minimum atomic E-state index is 1.10. The van der Waals surface area contributed by atoms with Crippen molar-refractivity contribution in [2.75, 3.05) is 38.1 Å². The average molecular weight is 274 g/mol. The van der Waals surface area contributed by atoms with Gasteiger partial charge in [0, 0.05) is 10.9 Å². The number of anilines is 1. The number of benzene rings is 1. The molecule has 0 bridgehead atoms. The molecule has 2 heterocycles. The van der Waals surface area contributed by atoms with Crippen molar-refractivity contribution >= 4 is 16.5 Å². The van der Waals surface area contributed by atoms with Crippen LogP contribution in [0, 0.1) is 6.92 Å². The van der Waals surface area contributed by atoms with Crippen LogP contribution in [-0.4, -0.2) is 38.2 Å². The Labute approximate surface area is 118 Å². The second-order valence-corrected chi connectivity index (χ2v) is 6.16. The molecule has 4 heteroatoms. The molecule has 0 aliphatic carbocycles. The molecule has 2 aromatic rings. The van der Waals surface area contributed by atoms with Gasteiger partial charge in [0.1, 0.15) is 0 Å². The minimum Gasteiger partial charge on any atom is -0.337 e. The molecular weight excluding hydrogens is 254 g/mol. The van der Waals surface area contributed by atoms with Gasteiger partial charge in [0.2, 0.25) is 0 Å². The van der Waals surface area contributed by atoms with Gasteiger partial charge in [0.05, 0.1) is 38.9 Å². The molecule has 1 aliphatic heterocycles. The van der Waals surface area contributed by atoms with E-state index in [0.717, 1.165) is 18.8 Å². The van der Waals surface area contributed by atoms with Crippen LogP contribution >= 0.6 is 11.3 Å². The highest BCUT2D eigenvalue weighted by atomic mass is 32.1. The Hall–Kier alpha value is -1.39. The molecule has 0 unspecified atom stereocenters. The van der Waals surface area contributed by atoms with E-state index in [0.29, 0.717) is 0 Å². The van der Waals surface area contributed by atoms with Gasteiger partial charge in [-0.25, -0.2) is 4.98 Å². The number of nitrogens with zero attached hydrogens (tertiary/aromatic N) is 2. The topological polar surface area (TPSA) is 20.6 Å². The number of nitrogens with one attached hydrogen (secondary N) is 1. The third-order valence-electron chi connectivity index (χ3n) is 3.73. The lowest BCUT2D eigenvalue weighted by molar-refractivity contribution is -0.880. The van der Waals surface area contributed by atoms with E-state index >= 15 is 0 Å². The summed E-state index contributed by atoms with van der Waals surface area (Å²) >= 11 is 1.76. The van der Waals surface area contributed by atoms with Crippen molar-refractivity contribution in [1.29, 1.82) is 0 Å². The molecule has 1 aromatic heterocycles. The summed E-state index contributed by atoms with van der Waals surface area (Å²) in [4.78, 5) is 8.82. The standard InChI is InChI=1S/C15H19N3S/c1-12-3-5-13(6-4-12)14-11-19-15(16-14)18-9-7-17(2)8-10-18/h3-6,11H,7-10H2,1-2H3/p+1. The zero-order chi connectivity index (χ0) is 13.2. The summed E-state index contributed by atoms with van der Waals surface area (Å²) in [6, 6.07) is 8.60. The third-order valence-corrected chi connectivity index (χ3v) is 4.63. The molecule has 1 fully saturated rings. The number of quaternary nitrogens is 1. The molecule has 1 saturated heterocycles. The summed E-state index contributed by atoms with van der Waals surface area (Å²) in [6.45, 7) is 6.76. The van der Waals surface area contributed by atoms with E-state index in [1.54, 1.807) is 16.2 Å². The normalized spacial score (nSPS) is 16.8. The summed E-state index contributed by atoms with van der Waals surface area (Å²) in [7, 11) is 2.26. The lowest BCUT2D eigenvalue weighted by Crippen LogP contribution is -3.12. The summed E-state index contributed by atoms with van der Waals surface area (Å²) in [5.41, 5.74) is 3.61. The number of rotatable bonds is 2. The smallest absolute Gasteiger partial charge is 0.186 e. The second kappa shape index (κ2) is 5.31. The minimum absolute atomic E-state index is 1.10. The predicted molar refractivity (Wildman–Crippen MR) is 81.1 cm³/mol. The van der Waals surface area contributed by atoms with Crippen LogP contribution in [0.3, 0.4) is 0 Å². The molecule has 1 aliphatic rings. The Bertz CT molecular complexity index is 539. The molecule has 3 nitrogen and oxygen atoms in total. The van der Waals surface area contributed by atoms with Crippen LogP contribution in [0.2, 0.25) is 0 Å². The van der Waals surface area contributed by atoms with Gasteiger partial charge in [-0.15, -0.1) is 11.3 Å². The number of aromatic nitrogens is 1. The highest BCUT2D eigenvalue weighted by Crippen LogP contribution is 2.27. The number of aryl methyl sites for hydroxylation is 1. The van der Waals surface area contributed by atoms with Crippen molar-refractivity contribution in [2.45, 2.75) is 6.92 Å². The van der Waals surface area contributed by atoms with Crippen LogP contribution in [0.1, 0.15) is 5.56 Å². The van der Waals surface area contributed by atoms with Gasteiger partial charge in [-0.3, -0.25) is 0 Å². The van der Waals surface area contributed by atoms with Gasteiger partial charge in [0.25, 0.3) is 0 Å². The summed E-state index contributed by atoms with van der Waals surface area (Å²) in [6.07, 6.45) is 0. The molecule has 0 atom stereocenters. The van der Waals surface area contributed by atoms with Crippen LogP contribution in [-0.2, 0) is 0 Å². The van der Waals surface area contributed by atoms with Gasteiger partial charge in [-0.1, -0.05) is 29.8 Å². The van der Waals surface area contributed by atoms with Gasteiger partial charge in [0.15, 0.2) is 5.13 Å². The Balaban J connectivity index is 1.77. The number of hydrogen-bond acceptors (Lipinski definition) is 3. The first-order valence-electron chi connectivity index (χ1n) is 6.81. The highest BCUT2D eigenvalue weighted by Gasteiger charge is 2.19. The van der Waals surface area contributed by atoms with Gasteiger partial charge >= 0.3 is 0 Å². The molecule has 100 valence electrons. The maximum atomic E-state index is 4.79. The quantitative estimate of drug-likeness (QED) is 0.895. The maximum Gasteiger partial charge on any atom is 0.186 e. The molecule has 0 spiro atoms. The van der Waals surface area contributed by atoms with E-state index in [1.165, 1.54) is 29.3 Å². The fourth-order valence-corrected chi connectivity index (χ4v) is 3.23. The lowest BCUT2D eigenvalue weighted by Gasteiger charge is -2.29. The Kier molecular flexibility index (Phi) is 3.53. The number of hydrogen-bond donors (Lipinski definition) is 1. The first kappa shape index (κ1) is 12.6. The van der Waals surface area contributed by atoms with E-state index in [4.69, 9.17) is 4.98 Å². The van der Waals surface area contributed by atoms with Gasteiger partial charge in [-0.2, -0.15) is 0 Å². The van der Waals surface area contributed by atoms with Crippen molar-refractivity contribution in [3.05, 3.63) is 35.2 Å². The molecular formula is C15H20N3S+. The molecule has 1 aromatic carbocycles. The van der Waals surface area contributed by atoms with Crippen LogP contribution in [0.25, 0.3) is 11.3 Å². The van der Waals surface area contributed by atoms with Crippen molar-refractivity contribution < 1.29 is 4.90 Å². The number of piperazine rings is 1. The molecule has 19 heavy (non-hydrogen) atoms. The first-order chi connectivity index (χ1) is 9.22. The zero-order valence-corrected chi connectivity index (χ0v) is 12.3. The summed E-state index contributed by atoms with van der Waals surface area (Å²) in [5.74, 6) is 0. The summed E-state index contributed by atoms with van der Waals surface area (Å²) in [5, 5.41) is 3.34. The Morgan fingerprint density at radius 2 is 1.84 bits per heavy atom. The monoisotopic (exact) mass is 274 g/mol. The van der Waals surface area contributed by atoms with Crippen LogP contribution in [0.5, 0.6) is 0 Å². The zero-order valence-electron chi connectivity index (χ0n) is 11.5. The van der Waals surface area contributed by atoms with Crippen LogP contribution in [0.4, 0.5) is 5.13 Å². The van der Waals surface area contributed by atoms with Crippen molar-refractivity contribution in [2.24, 2.45) is 0 Å². The second-order valence-electron chi connectivity index (χ2n) is 5.33. The van der Waals surface area contributed by atoms with Crippen LogP contribution < -0.4 is 9.80 Å². The molecule has 0 saturated carbocycles. The fraction of sp³-hybridized carbons (Fsp3) is 0.400. The van der Waals surface area contributed by atoms with E-state index in [9.17, 15) is 0 Å². The van der Waals surface area contributed by atoms with Crippen LogP contribution in [0.15, 0.2) is 29.6 Å². The first-order valence-corrected chi connectivity index (χ1v) is 7.69. The lowest BCUT2D eigenvalue weighted by atomic mass is 10.1. The molecule has 1 N–H and O–H groups in total. The van der Waals surface area contributed by atoms with Crippen molar-refractivity contribution in [3.8, 4) is 11.3 Å². The molecule has 3 rings (SSSR count). The Morgan fingerprint density at radius 1 is 1.16 bits per heavy atom. The average Bonchev–Trinajstić information content (AvgIpc) is 2.90. The fourth-order valence-electron chi connectivity index (χ4n) is 2.35. The molecule has 0 radical (unpaired) electrons. The largest absolute Gasteiger partial charge is 0.337 e.